The summed E-state index contributed by atoms with van der Waals surface area (Å²) in [6.07, 6.45) is 4.35. The lowest BCUT2D eigenvalue weighted by atomic mass is 9.95. The Bertz CT molecular complexity index is 881. The minimum absolute atomic E-state index is 0.0703. The first-order valence-corrected chi connectivity index (χ1v) is 8.39. The van der Waals surface area contributed by atoms with Crippen molar-refractivity contribution in [2.75, 3.05) is 0 Å². The lowest BCUT2D eigenvalue weighted by Gasteiger charge is -2.23. The van der Waals surface area contributed by atoms with Gasteiger partial charge in [-0.05, 0) is 29.5 Å². The lowest BCUT2D eigenvalue weighted by molar-refractivity contribution is -0.139. The van der Waals surface area contributed by atoms with Crippen molar-refractivity contribution in [3.05, 3.63) is 82.9 Å². The monoisotopic (exact) mass is 331 g/mol. The average Bonchev–Trinajstić information content (AvgIpc) is 3.18. The van der Waals surface area contributed by atoms with Crippen LogP contribution in [0.4, 0.5) is 0 Å². The number of imide groups is 1. The quantitative estimate of drug-likeness (QED) is 0.639. The number of carbonyl (C=O) groups is 3. The summed E-state index contributed by atoms with van der Waals surface area (Å²) in [6, 6.07) is 15.0. The van der Waals surface area contributed by atoms with Crippen molar-refractivity contribution in [3.8, 4) is 0 Å². The van der Waals surface area contributed by atoms with Gasteiger partial charge in [-0.25, -0.2) is 0 Å². The lowest BCUT2D eigenvalue weighted by Crippen LogP contribution is -2.33. The van der Waals surface area contributed by atoms with E-state index in [2.05, 4.69) is 0 Å². The second-order valence-electron chi connectivity index (χ2n) is 6.39. The Morgan fingerprint density at radius 2 is 1.68 bits per heavy atom. The molecule has 0 radical (unpaired) electrons. The minimum Gasteiger partial charge on any atom is -0.294 e. The van der Waals surface area contributed by atoms with Crippen LogP contribution in [0, 0.1) is 0 Å². The highest BCUT2D eigenvalue weighted by Crippen LogP contribution is 2.39. The smallest absolute Gasteiger partial charge is 0.254 e. The molecule has 4 nitrogen and oxygen atoms in total. The molecule has 4 rings (SSSR count). The summed E-state index contributed by atoms with van der Waals surface area (Å²) in [5, 5.41) is 0. The first-order chi connectivity index (χ1) is 12.1. The van der Waals surface area contributed by atoms with Gasteiger partial charge in [0.2, 0.25) is 0 Å². The van der Waals surface area contributed by atoms with Gasteiger partial charge in [0.1, 0.15) is 0 Å². The molecular formula is C21H17NO3. The largest absolute Gasteiger partial charge is 0.294 e. The number of carbonyl (C=O) groups excluding carboxylic acids is 3. The molecular weight excluding hydrogens is 314 g/mol. The summed E-state index contributed by atoms with van der Waals surface area (Å²) in [7, 11) is 0. The molecule has 1 aliphatic carbocycles. The third-order valence-corrected chi connectivity index (χ3v) is 4.90. The third kappa shape index (κ3) is 2.70. The molecule has 0 aromatic heterocycles. The highest BCUT2D eigenvalue weighted by Gasteiger charge is 2.37. The van der Waals surface area contributed by atoms with E-state index >= 15 is 0 Å². The molecule has 0 N–H and O–H groups in total. The van der Waals surface area contributed by atoms with Gasteiger partial charge < -0.3 is 0 Å². The topological polar surface area (TPSA) is 54.5 Å². The highest BCUT2D eigenvalue weighted by atomic mass is 16.2. The fourth-order valence-corrected chi connectivity index (χ4v) is 3.76. The normalized spacial score (nSPS) is 18.7. The average molecular weight is 331 g/mol. The van der Waals surface area contributed by atoms with Crippen LogP contribution in [-0.2, 0) is 22.4 Å². The van der Waals surface area contributed by atoms with E-state index in [-0.39, 0.29) is 23.6 Å². The van der Waals surface area contributed by atoms with E-state index in [1.165, 1.54) is 17.1 Å². The first kappa shape index (κ1) is 15.5. The van der Waals surface area contributed by atoms with Crippen molar-refractivity contribution in [3.63, 3.8) is 0 Å². The second kappa shape index (κ2) is 6.13. The van der Waals surface area contributed by atoms with Gasteiger partial charge in [0.25, 0.3) is 11.8 Å². The van der Waals surface area contributed by atoms with Crippen LogP contribution in [0.1, 0.15) is 39.5 Å². The molecule has 0 bridgehead atoms. The number of Topliss-reactive ketones (excluding diaryl/α,β-unsaturated/α-hetero) is 1. The maximum Gasteiger partial charge on any atom is 0.254 e. The highest BCUT2D eigenvalue weighted by molar-refractivity contribution is 6.13. The maximum atomic E-state index is 12.8. The van der Waals surface area contributed by atoms with Crippen LogP contribution < -0.4 is 0 Å². The van der Waals surface area contributed by atoms with Crippen LogP contribution in [-0.4, -0.2) is 22.5 Å². The molecule has 2 aliphatic rings. The van der Waals surface area contributed by atoms with Gasteiger partial charge in [-0.3, -0.25) is 19.3 Å². The van der Waals surface area contributed by atoms with Crippen molar-refractivity contribution in [1.29, 1.82) is 0 Å². The third-order valence-electron chi connectivity index (χ3n) is 4.90. The van der Waals surface area contributed by atoms with Crippen LogP contribution in [0.3, 0.4) is 0 Å². The number of rotatable bonds is 4. The zero-order valence-corrected chi connectivity index (χ0v) is 13.6. The molecule has 0 fully saturated rings. The summed E-state index contributed by atoms with van der Waals surface area (Å²) in [4.78, 5) is 38.1. The molecule has 0 saturated heterocycles. The van der Waals surface area contributed by atoms with E-state index in [1.54, 1.807) is 0 Å². The summed E-state index contributed by atoms with van der Waals surface area (Å²) < 4.78 is 0. The molecule has 25 heavy (non-hydrogen) atoms. The Morgan fingerprint density at radius 3 is 2.40 bits per heavy atom. The zero-order valence-electron chi connectivity index (χ0n) is 13.6. The Morgan fingerprint density at radius 1 is 0.960 bits per heavy atom. The van der Waals surface area contributed by atoms with Crippen LogP contribution in [0.5, 0.6) is 0 Å². The Labute approximate surface area is 145 Å². The van der Waals surface area contributed by atoms with Crippen LogP contribution in [0.2, 0.25) is 0 Å². The molecule has 1 aliphatic heterocycles. The summed E-state index contributed by atoms with van der Waals surface area (Å²) in [5.74, 6) is -0.478. The molecule has 0 unspecified atom stereocenters. The molecule has 1 heterocycles. The predicted octanol–water partition coefficient (Wildman–Crippen LogP) is 3.02. The molecule has 1 atom stereocenters. The van der Waals surface area contributed by atoms with Crippen molar-refractivity contribution in [2.24, 2.45) is 0 Å². The van der Waals surface area contributed by atoms with Gasteiger partial charge in [-0.2, -0.15) is 0 Å². The standard InChI is InChI=1S/C21H17NO3/c23-19(13-14-5-2-1-3-6-14)17-8-4-7-16-15(17)9-10-18(16)22-20(24)11-12-21(22)25/h1-8,11-12,18H,9-10,13H2/t18-/m0/s1. The van der Waals surface area contributed by atoms with Crippen molar-refractivity contribution < 1.29 is 14.4 Å². The fraction of sp³-hybridized carbons (Fsp3) is 0.190. The van der Waals surface area contributed by atoms with Gasteiger partial charge in [-0.1, -0.05) is 48.5 Å². The summed E-state index contributed by atoms with van der Waals surface area (Å²) in [6.45, 7) is 0. The predicted molar refractivity (Wildman–Crippen MR) is 93.0 cm³/mol. The van der Waals surface area contributed by atoms with E-state index in [0.29, 0.717) is 24.8 Å². The number of amides is 2. The van der Waals surface area contributed by atoms with E-state index in [9.17, 15) is 14.4 Å². The van der Waals surface area contributed by atoms with E-state index in [1.807, 2.05) is 48.5 Å². The molecule has 2 aromatic carbocycles. The van der Waals surface area contributed by atoms with Crippen LogP contribution in [0.15, 0.2) is 60.7 Å². The van der Waals surface area contributed by atoms with Crippen molar-refractivity contribution in [2.45, 2.75) is 25.3 Å². The van der Waals surface area contributed by atoms with E-state index in [0.717, 1.165) is 16.7 Å². The molecule has 0 spiro atoms. The number of fused-ring (bicyclic) bond motifs is 1. The zero-order chi connectivity index (χ0) is 17.4. The second-order valence-corrected chi connectivity index (χ2v) is 6.39. The van der Waals surface area contributed by atoms with Gasteiger partial charge >= 0.3 is 0 Å². The number of hydrogen-bond donors (Lipinski definition) is 0. The van der Waals surface area contributed by atoms with Gasteiger partial charge in [0.05, 0.1) is 6.04 Å². The van der Waals surface area contributed by atoms with E-state index in [4.69, 9.17) is 0 Å². The minimum atomic E-state index is -0.274. The summed E-state index contributed by atoms with van der Waals surface area (Å²) >= 11 is 0. The molecule has 2 amide bonds. The van der Waals surface area contributed by atoms with E-state index < -0.39 is 0 Å². The number of hydrogen-bond acceptors (Lipinski definition) is 3. The van der Waals surface area contributed by atoms with Crippen LogP contribution in [0.25, 0.3) is 0 Å². The summed E-state index contributed by atoms with van der Waals surface area (Å²) in [5.41, 5.74) is 3.58. The maximum absolute atomic E-state index is 12.8. The van der Waals surface area contributed by atoms with Gasteiger partial charge in [0, 0.05) is 24.1 Å². The van der Waals surface area contributed by atoms with Crippen molar-refractivity contribution >= 4 is 17.6 Å². The molecule has 0 saturated carbocycles. The van der Waals surface area contributed by atoms with Crippen molar-refractivity contribution in [1.82, 2.24) is 4.90 Å². The van der Waals surface area contributed by atoms with Gasteiger partial charge in [0.15, 0.2) is 5.78 Å². The number of benzene rings is 2. The van der Waals surface area contributed by atoms with Gasteiger partial charge in [-0.15, -0.1) is 0 Å². The Balaban J connectivity index is 1.64. The molecule has 124 valence electrons. The molecule has 2 aromatic rings. The first-order valence-electron chi connectivity index (χ1n) is 8.39. The SMILES string of the molecule is O=C(Cc1ccccc1)c1cccc2c1CC[C@@H]2N1C(=O)C=CC1=O. The Kier molecular flexibility index (Phi) is 3.80. The number of nitrogens with zero attached hydrogens (tertiary/aromatic N) is 1. The fourth-order valence-electron chi connectivity index (χ4n) is 3.76. The van der Waals surface area contributed by atoms with Crippen LogP contribution >= 0.6 is 0 Å². The molecule has 4 heteroatoms. The number of ketones is 1. The Hall–Kier alpha value is -3.01.